The largest absolute Gasteiger partial charge is 0.512 e. The summed E-state index contributed by atoms with van der Waals surface area (Å²) in [5.41, 5.74) is -0.929. The number of carbonyl (C=O) groups is 3. The minimum atomic E-state index is -1.76. The molecule has 2 rings (SSSR count). The van der Waals surface area contributed by atoms with Crippen LogP contribution in [0.25, 0.3) is 0 Å². The van der Waals surface area contributed by atoms with Gasteiger partial charge in [-0.1, -0.05) is 0 Å². The minimum absolute atomic E-state index is 0.241. The van der Waals surface area contributed by atoms with E-state index in [0.29, 0.717) is 10.9 Å². The summed E-state index contributed by atoms with van der Waals surface area (Å²) in [6.07, 6.45) is 2.02. The molecule has 9 heteroatoms. The monoisotopic (exact) mass is 339 g/mol. The molecule has 0 spiro atoms. The molecule has 3 N–H and O–H groups in total. The Kier molecular flexibility index (Phi) is 4.74. The fourth-order valence-corrected chi connectivity index (χ4v) is 3.24. The van der Waals surface area contributed by atoms with E-state index in [-0.39, 0.29) is 11.6 Å². The van der Waals surface area contributed by atoms with Crippen molar-refractivity contribution in [2.24, 2.45) is 0 Å². The smallest absolute Gasteiger partial charge is 0.478 e. The molecule has 0 amide bonds. The van der Waals surface area contributed by atoms with E-state index in [0.717, 1.165) is 19.4 Å². The number of piperidine rings is 1. The Morgan fingerprint density at radius 1 is 1.12 bits per heavy atom. The molecule has 1 aliphatic heterocycles. The number of carboxylic acids is 2. The number of ether oxygens (including phenoxy) is 1. The number of pyridine rings is 1. The number of aromatic carboxylic acids is 2. The van der Waals surface area contributed by atoms with Gasteiger partial charge in [0.2, 0.25) is 5.88 Å². The van der Waals surface area contributed by atoms with Gasteiger partial charge in [0.15, 0.2) is 0 Å². The molecule has 0 aromatic carbocycles. The van der Waals surface area contributed by atoms with Crippen LogP contribution in [0.15, 0.2) is 6.20 Å². The van der Waals surface area contributed by atoms with Crippen molar-refractivity contribution in [1.82, 2.24) is 4.98 Å². The Hall–Kier alpha value is -2.68. The van der Waals surface area contributed by atoms with Gasteiger partial charge in [-0.15, -0.1) is 0 Å². The summed E-state index contributed by atoms with van der Waals surface area (Å²) >= 11 is 0. The first-order valence-electron chi connectivity index (χ1n) is 7.38. The lowest BCUT2D eigenvalue weighted by Gasteiger charge is -2.42. The van der Waals surface area contributed by atoms with Gasteiger partial charge in [-0.05, 0) is 12.8 Å². The lowest BCUT2D eigenvalue weighted by molar-refractivity contribution is -0.926. The maximum absolute atomic E-state index is 11.7. The average molecular weight is 339 g/mol. The molecule has 1 atom stereocenters. The Morgan fingerprint density at radius 2 is 1.75 bits per heavy atom. The average Bonchev–Trinajstić information content (AvgIpc) is 2.45. The van der Waals surface area contributed by atoms with Gasteiger partial charge in [0.05, 0.1) is 26.2 Å². The molecule has 1 saturated heterocycles. The molecule has 1 aliphatic rings. The van der Waals surface area contributed by atoms with E-state index in [1.807, 2.05) is 14.1 Å². The van der Waals surface area contributed by atoms with Gasteiger partial charge in [-0.25, -0.2) is 19.4 Å². The second-order valence-corrected chi connectivity index (χ2v) is 6.26. The van der Waals surface area contributed by atoms with Gasteiger partial charge in [-0.3, -0.25) is 0 Å². The third-order valence-corrected chi connectivity index (χ3v) is 4.35. The van der Waals surface area contributed by atoms with Gasteiger partial charge in [-0.2, -0.15) is 0 Å². The highest BCUT2D eigenvalue weighted by Crippen LogP contribution is 2.38. The van der Waals surface area contributed by atoms with Gasteiger partial charge < -0.3 is 24.5 Å². The summed E-state index contributed by atoms with van der Waals surface area (Å²) in [6.45, 7) is 0.819. The molecular formula is C15H19N2O7+. The highest BCUT2D eigenvalue weighted by atomic mass is 16.7. The second-order valence-electron chi connectivity index (χ2n) is 6.26. The quantitative estimate of drug-likeness (QED) is 0.559. The Labute approximate surface area is 137 Å². The van der Waals surface area contributed by atoms with Crippen LogP contribution in [-0.4, -0.2) is 63.5 Å². The number of hydrogen-bond acceptors (Lipinski definition) is 5. The molecule has 9 nitrogen and oxygen atoms in total. The number of likely N-dealkylation sites (tertiary alicyclic amines) is 1. The maximum Gasteiger partial charge on any atom is 0.512 e. The molecule has 0 aliphatic carbocycles. The molecule has 130 valence electrons. The number of nitrogens with zero attached hydrogens (tertiary/aromatic N) is 2. The molecule has 0 saturated carbocycles. The highest BCUT2D eigenvalue weighted by Gasteiger charge is 2.38. The third-order valence-electron chi connectivity index (χ3n) is 4.35. The van der Waals surface area contributed by atoms with Gasteiger partial charge in [0.25, 0.3) is 0 Å². The van der Waals surface area contributed by atoms with E-state index in [9.17, 15) is 24.6 Å². The normalized spacial score (nSPS) is 19.5. The Balaban J connectivity index is 2.69. The standard InChI is InChI=1S/C15H18N2O7/c1-17(2)6-4-3-5-9(17)8-7-16-12(24-15(22)23)11(14(20)21)10(8)13(18)19/h7,9H,3-6H2,1-2H3,(H2-,18,19,20,21,22,23)/p+1. The zero-order valence-corrected chi connectivity index (χ0v) is 13.4. The number of rotatable bonds is 4. The first kappa shape index (κ1) is 17.7. The summed E-state index contributed by atoms with van der Waals surface area (Å²) in [5, 5.41) is 27.6. The molecule has 0 radical (unpaired) electrons. The first-order chi connectivity index (χ1) is 11.1. The third kappa shape index (κ3) is 3.30. The topological polar surface area (TPSA) is 134 Å². The van der Waals surface area contributed by atoms with Crippen molar-refractivity contribution in [2.45, 2.75) is 25.3 Å². The van der Waals surface area contributed by atoms with Crippen molar-refractivity contribution in [3.05, 3.63) is 22.9 Å². The predicted octanol–water partition coefficient (Wildman–Crippen LogP) is 1.84. The van der Waals surface area contributed by atoms with E-state index >= 15 is 0 Å². The van der Waals surface area contributed by atoms with Crippen LogP contribution in [0, 0.1) is 0 Å². The lowest BCUT2D eigenvalue weighted by atomic mass is 9.89. The van der Waals surface area contributed by atoms with Gasteiger partial charge in [0, 0.05) is 18.2 Å². The molecule has 2 heterocycles. The van der Waals surface area contributed by atoms with Crippen molar-refractivity contribution < 1.29 is 38.9 Å². The molecule has 1 aromatic rings. The van der Waals surface area contributed by atoms with Crippen LogP contribution in [0.1, 0.15) is 51.6 Å². The van der Waals surface area contributed by atoms with Crippen LogP contribution >= 0.6 is 0 Å². The molecule has 1 unspecified atom stereocenters. The molecular weight excluding hydrogens is 320 g/mol. The SMILES string of the molecule is C[N+]1(C)CCCCC1c1cnc(OC(=O)O)c(C(=O)O)c1C(=O)O. The minimum Gasteiger partial charge on any atom is -0.478 e. The number of hydrogen-bond donors (Lipinski definition) is 3. The lowest BCUT2D eigenvalue weighted by Crippen LogP contribution is -2.47. The van der Waals surface area contributed by atoms with Crippen molar-refractivity contribution in [3.8, 4) is 5.88 Å². The van der Waals surface area contributed by atoms with Crippen LogP contribution in [0.5, 0.6) is 5.88 Å². The second kappa shape index (κ2) is 6.44. The molecule has 24 heavy (non-hydrogen) atoms. The predicted molar refractivity (Wildman–Crippen MR) is 80.4 cm³/mol. The fourth-order valence-electron chi connectivity index (χ4n) is 3.24. The highest BCUT2D eigenvalue weighted by molar-refractivity contribution is 6.04. The van der Waals surface area contributed by atoms with Crippen LogP contribution in [0.3, 0.4) is 0 Å². The molecule has 0 bridgehead atoms. The Bertz CT molecular complexity index is 699. The van der Waals surface area contributed by atoms with E-state index < -0.39 is 35.1 Å². The van der Waals surface area contributed by atoms with E-state index in [1.165, 1.54) is 6.20 Å². The summed E-state index contributed by atoms with van der Waals surface area (Å²) in [6, 6.07) is -0.241. The van der Waals surface area contributed by atoms with Crippen molar-refractivity contribution in [2.75, 3.05) is 20.6 Å². The van der Waals surface area contributed by atoms with Gasteiger partial charge in [0.1, 0.15) is 11.6 Å². The zero-order valence-electron chi connectivity index (χ0n) is 13.4. The van der Waals surface area contributed by atoms with Crippen LogP contribution < -0.4 is 4.74 Å². The van der Waals surface area contributed by atoms with E-state index in [2.05, 4.69) is 9.72 Å². The molecule has 1 aromatic heterocycles. The van der Waals surface area contributed by atoms with Crippen LogP contribution in [0.4, 0.5) is 4.79 Å². The summed E-state index contributed by atoms with van der Waals surface area (Å²) in [7, 11) is 3.88. The van der Waals surface area contributed by atoms with Crippen molar-refractivity contribution in [1.29, 1.82) is 0 Å². The molecule has 1 fully saturated rings. The summed E-state index contributed by atoms with van der Waals surface area (Å²) < 4.78 is 4.85. The van der Waals surface area contributed by atoms with Crippen LogP contribution in [0.2, 0.25) is 0 Å². The number of quaternary nitrogens is 1. The van der Waals surface area contributed by atoms with E-state index in [1.54, 1.807) is 0 Å². The fraction of sp³-hybridized carbons (Fsp3) is 0.467. The zero-order chi connectivity index (χ0) is 18.1. The van der Waals surface area contributed by atoms with Crippen molar-refractivity contribution >= 4 is 18.1 Å². The first-order valence-corrected chi connectivity index (χ1v) is 7.38. The van der Waals surface area contributed by atoms with Crippen molar-refractivity contribution in [3.63, 3.8) is 0 Å². The number of carboxylic acid groups (broad SMARTS) is 3. The maximum atomic E-state index is 11.7. The Morgan fingerprint density at radius 3 is 2.25 bits per heavy atom. The van der Waals surface area contributed by atoms with E-state index in [4.69, 9.17) is 5.11 Å². The van der Waals surface area contributed by atoms with Crippen LogP contribution in [-0.2, 0) is 0 Å². The number of aromatic nitrogens is 1. The summed E-state index contributed by atoms with van der Waals surface area (Å²) in [5.74, 6) is -3.79. The van der Waals surface area contributed by atoms with Gasteiger partial charge >= 0.3 is 18.1 Å². The summed E-state index contributed by atoms with van der Waals surface area (Å²) in [4.78, 5) is 37.8.